The number of hydrogen-bond acceptors (Lipinski definition) is 2. The van der Waals surface area contributed by atoms with E-state index in [1.54, 1.807) is 6.08 Å². The van der Waals surface area contributed by atoms with Crippen LogP contribution in [0.15, 0.2) is 60.7 Å². The van der Waals surface area contributed by atoms with Crippen LogP contribution in [0.4, 0.5) is 0 Å². The van der Waals surface area contributed by atoms with E-state index < -0.39 is 5.97 Å². The molecular weight excluding hydrogens is 262 g/mol. The predicted molar refractivity (Wildman–Crippen MR) is 84.7 cm³/mol. The van der Waals surface area contributed by atoms with Crippen molar-refractivity contribution in [3.8, 4) is 0 Å². The summed E-state index contributed by atoms with van der Waals surface area (Å²) in [5, 5.41) is 8.75. The van der Waals surface area contributed by atoms with Gasteiger partial charge in [-0.15, -0.1) is 0 Å². The summed E-state index contributed by atoms with van der Waals surface area (Å²) in [6, 6.07) is 18.1. The number of carbonyl (C=O) groups is 1. The van der Waals surface area contributed by atoms with Crippen molar-refractivity contribution in [1.82, 2.24) is 4.90 Å². The van der Waals surface area contributed by atoms with Gasteiger partial charge in [0, 0.05) is 19.2 Å². The molecule has 0 bridgehead atoms. The predicted octanol–water partition coefficient (Wildman–Crippen LogP) is 3.42. The highest BCUT2D eigenvalue weighted by Gasteiger charge is 2.04. The van der Waals surface area contributed by atoms with Crippen LogP contribution in [0.3, 0.4) is 0 Å². The molecular formula is C18H19NO2. The molecule has 21 heavy (non-hydrogen) atoms. The zero-order chi connectivity index (χ0) is 15.1. The summed E-state index contributed by atoms with van der Waals surface area (Å²) in [5.41, 5.74) is 3.33. The van der Waals surface area contributed by atoms with Gasteiger partial charge >= 0.3 is 5.97 Å². The molecule has 0 radical (unpaired) electrons. The van der Waals surface area contributed by atoms with Crippen molar-refractivity contribution in [2.24, 2.45) is 0 Å². The Hall–Kier alpha value is -2.39. The topological polar surface area (TPSA) is 40.5 Å². The average molecular weight is 281 g/mol. The van der Waals surface area contributed by atoms with E-state index in [0.29, 0.717) is 0 Å². The van der Waals surface area contributed by atoms with Crippen molar-refractivity contribution in [2.45, 2.75) is 13.1 Å². The molecule has 0 spiro atoms. The molecule has 2 aromatic carbocycles. The number of aliphatic carboxylic acids is 1. The Morgan fingerprint density at radius 1 is 1.05 bits per heavy atom. The normalized spacial score (nSPS) is 11.1. The first kappa shape index (κ1) is 15.0. The largest absolute Gasteiger partial charge is 0.478 e. The lowest BCUT2D eigenvalue weighted by Gasteiger charge is -2.18. The van der Waals surface area contributed by atoms with E-state index in [4.69, 9.17) is 5.11 Å². The molecule has 0 aromatic heterocycles. The number of rotatable bonds is 6. The van der Waals surface area contributed by atoms with Crippen molar-refractivity contribution >= 4 is 12.0 Å². The van der Waals surface area contributed by atoms with Crippen LogP contribution in [-0.2, 0) is 17.9 Å². The summed E-state index contributed by atoms with van der Waals surface area (Å²) in [5.74, 6) is -0.928. The van der Waals surface area contributed by atoms with E-state index >= 15 is 0 Å². The summed E-state index contributed by atoms with van der Waals surface area (Å²) in [6.45, 7) is 1.63. The van der Waals surface area contributed by atoms with E-state index in [0.717, 1.165) is 24.2 Å². The Morgan fingerprint density at radius 3 is 2.43 bits per heavy atom. The number of carboxylic acid groups (broad SMARTS) is 1. The molecule has 0 aliphatic carbocycles. The second kappa shape index (κ2) is 7.41. The van der Waals surface area contributed by atoms with Crippen LogP contribution >= 0.6 is 0 Å². The minimum absolute atomic E-state index is 0.773. The first-order chi connectivity index (χ1) is 10.1. The van der Waals surface area contributed by atoms with Crippen molar-refractivity contribution in [1.29, 1.82) is 0 Å². The second-order valence-electron chi connectivity index (χ2n) is 5.03. The van der Waals surface area contributed by atoms with Gasteiger partial charge in [0.05, 0.1) is 0 Å². The minimum Gasteiger partial charge on any atom is -0.478 e. The fourth-order valence-electron chi connectivity index (χ4n) is 2.24. The van der Waals surface area contributed by atoms with Gasteiger partial charge in [-0.2, -0.15) is 0 Å². The Kier molecular flexibility index (Phi) is 5.29. The number of benzene rings is 2. The quantitative estimate of drug-likeness (QED) is 0.825. The molecule has 108 valence electrons. The van der Waals surface area contributed by atoms with Crippen molar-refractivity contribution < 1.29 is 9.90 Å². The Balaban J connectivity index is 2.07. The standard InChI is InChI=1S/C18H19NO2/c1-19(13-15-7-3-2-4-8-15)14-17-10-6-5-9-16(17)11-12-18(20)21/h2-12H,13-14H2,1H3,(H,20,21). The van der Waals surface area contributed by atoms with E-state index in [1.807, 2.05) is 42.5 Å². The smallest absolute Gasteiger partial charge is 0.328 e. The van der Waals surface area contributed by atoms with Crippen LogP contribution in [-0.4, -0.2) is 23.0 Å². The maximum absolute atomic E-state index is 10.7. The minimum atomic E-state index is -0.928. The molecule has 1 N–H and O–H groups in total. The molecule has 0 aliphatic heterocycles. The molecule has 0 amide bonds. The highest BCUT2D eigenvalue weighted by atomic mass is 16.4. The molecule has 3 heteroatoms. The lowest BCUT2D eigenvalue weighted by Crippen LogP contribution is -2.17. The Bertz CT molecular complexity index is 620. The fourth-order valence-corrected chi connectivity index (χ4v) is 2.24. The summed E-state index contributed by atoms with van der Waals surface area (Å²) in [6.07, 6.45) is 2.82. The second-order valence-corrected chi connectivity index (χ2v) is 5.03. The van der Waals surface area contributed by atoms with Crippen LogP contribution in [0.25, 0.3) is 6.08 Å². The first-order valence-electron chi connectivity index (χ1n) is 6.86. The first-order valence-corrected chi connectivity index (χ1v) is 6.86. The fraction of sp³-hybridized carbons (Fsp3) is 0.167. The van der Waals surface area contributed by atoms with Gasteiger partial charge in [0.2, 0.25) is 0 Å². The van der Waals surface area contributed by atoms with Crippen LogP contribution < -0.4 is 0 Å². The third kappa shape index (κ3) is 4.89. The van der Waals surface area contributed by atoms with Gasteiger partial charge in [0.15, 0.2) is 0 Å². The maximum atomic E-state index is 10.7. The van der Waals surface area contributed by atoms with Gasteiger partial charge in [-0.1, -0.05) is 54.6 Å². The van der Waals surface area contributed by atoms with Crippen molar-refractivity contribution in [3.63, 3.8) is 0 Å². The third-order valence-corrected chi connectivity index (χ3v) is 3.20. The zero-order valence-corrected chi connectivity index (χ0v) is 12.1. The third-order valence-electron chi connectivity index (χ3n) is 3.20. The monoisotopic (exact) mass is 281 g/mol. The highest BCUT2D eigenvalue weighted by molar-refractivity contribution is 5.85. The van der Waals surface area contributed by atoms with Crippen LogP contribution in [0, 0.1) is 0 Å². The lowest BCUT2D eigenvalue weighted by molar-refractivity contribution is -0.131. The van der Waals surface area contributed by atoms with E-state index in [1.165, 1.54) is 11.6 Å². The molecule has 0 saturated carbocycles. The van der Waals surface area contributed by atoms with Gasteiger partial charge in [0.1, 0.15) is 0 Å². The number of carboxylic acids is 1. The molecule has 0 heterocycles. The van der Waals surface area contributed by atoms with Gasteiger partial charge in [-0.25, -0.2) is 4.79 Å². The van der Waals surface area contributed by atoms with Crippen LogP contribution in [0.1, 0.15) is 16.7 Å². The number of nitrogens with zero attached hydrogens (tertiary/aromatic N) is 1. The van der Waals surface area contributed by atoms with Gasteiger partial charge in [-0.05, 0) is 29.8 Å². The van der Waals surface area contributed by atoms with Crippen molar-refractivity contribution in [3.05, 3.63) is 77.4 Å². The average Bonchev–Trinajstić information content (AvgIpc) is 2.47. The van der Waals surface area contributed by atoms with Gasteiger partial charge in [-0.3, -0.25) is 4.90 Å². The SMILES string of the molecule is CN(Cc1ccccc1)Cc1ccccc1C=CC(=O)O. The van der Waals surface area contributed by atoms with E-state index in [9.17, 15) is 4.79 Å². The molecule has 0 fully saturated rings. The van der Waals surface area contributed by atoms with Gasteiger partial charge < -0.3 is 5.11 Å². The lowest BCUT2D eigenvalue weighted by atomic mass is 10.1. The molecule has 2 rings (SSSR count). The summed E-state index contributed by atoms with van der Waals surface area (Å²) >= 11 is 0. The molecule has 0 aliphatic rings. The van der Waals surface area contributed by atoms with E-state index in [2.05, 4.69) is 24.1 Å². The summed E-state index contributed by atoms with van der Waals surface area (Å²) in [7, 11) is 2.06. The van der Waals surface area contributed by atoms with Crippen LogP contribution in [0.2, 0.25) is 0 Å². The molecule has 0 unspecified atom stereocenters. The maximum Gasteiger partial charge on any atom is 0.328 e. The molecule has 0 atom stereocenters. The highest BCUT2D eigenvalue weighted by Crippen LogP contribution is 2.14. The van der Waals surface area contributed by atoms with Crippen LogP contribution in [0.5, 0.6) is 0 Å². The van der Waals surface area contributed by atoms with E-state index in [-0.39, 0.29) is 0 Å². The summed E-state index contributed by atoms with van der Waals surface area (Å²) in [4.78, 5) is 12.9. The van der Waals surface area contributed by atoms with Crippen molar-refractivity contribution in [2.75, 3.05) is 7.05 Å². The zero-order valence-electron chi connectivity index (χ0n) is 12.1. The van der Waals surface area contributed by atoms with Gasteiger partial charge in [0.25, 0.3) is 0 Å². The Labute approximate surface area is 125 Å². The number of hydrogen-bond donors (Lipinski definition) is 1. The molecule has 0 saturated heterocycles. The summed E-state index contributed by atoms with van der Waals surface area (Å²) < 4.78 is 0. The molecule has 2 aromatic rings. The Morgan fingerprint density at radius 2 is 1.71 bits per heavy atom. The molecule has 3 nitrogen and oxygen atoms in total.